The summed E-state index contributed by atoms with van der Waals surface area (Å²) in [4.78, 5) is 10.6. The Kier molecular flexibility index (Phi) is 7.15. The molecule has 0 aliphatic rings. The van der Waals surface area contributed by atoms with E-state index < -0.39 is 11.9 Å². The van der Waals surface area contributed by atoms with Crippen LogP contribution in [0.2, 0.25) is 5.02 Å². The van der Waals surface area contributed by atoms with E-state index in [1.165, 1.54) is 19.5 Å². The number of aliphatic hydroxyl groups is 1. The van der Waals surface area contributed by atoms with Gasteiger partial charge in [-0.05, 0) is 39.1 Å². The molecule has 0 radical (unpaired) electrons. The number of likely N-dealkylation sites (N-methyl/N-ethyl adjacent to an activating group) is 1. The molecule has 0 aliphatic carbocycles. The van der Waals surface area contributed by atoms with E-state index in [2.05, 4.69) is 23.8 Å². The van der Waals surface area contributed by atoms with Gasteiger partial charge in [0.05, 0.1) is 29.0 Å². The van der Waals surface area contributed by atoms with Gasteiger partial charge in [0, 0.05) is 29.6 Å². The molecule has 0 bridgehead atoms. The minimum absolute atomic E-state index is 0.0606. The predicted molar refractivity (Wildman–Crippen MR) is 120 cm³/mol. The maximum atomic E-state index is 14.2. The van der Waals surface area contributed by atoms with Crippen molar-refractivity contribution in [2.24, 2.45) is 0 Å². The van der Waals surface area contributed by atoms with Gasteiger partial charge in [-0.15, -0.1) is 0 Å². The van der Waals surface area contributed by atoms with E-state index in [-0.39, 0.29) is 17.3 Å². The molecule has 3 rings (SSSR count). The highest BCUT2D eigenvalue weighted by atomic mass is 35.5. The van der Waals surface area contributed by atoms with Crippen molar-refractivity contribution in [3.8, 4) is 22.8 Å². The van der Waals surface area contributed by atoms with Crippen LogP contribution in [0, 0.1) is 5.82 Å². The standard InChI is InChI=1S/C22H26ClFN4O3/c1-12(2)28(3)9-13(29)10-31-19-8-17-15(7-18(19)30-4)22(27-11-26-17)14-5-6-16(23)20(24)21(14)25/h5-8,11-13,29H,9-10,25H2,1-4H3. The Balaban J connectivity index is 1.95. The van der Waals surface area contributed by atoms with Crippen LogP contribution in [-0.2, 0) is 0 Å². The SMILES string of the molecule is COc1cc2c(-c3ccc(Cl)c(F)c3N)ncnc2cc1OCC(O)CN(C)C(C)C. The normalized spacial score (nSPS) is 12.5. The molecule has 0 saturated heterocycles. The number of ether oxygens (including phenoxy) is 2. The van der Waals surface area contributed by atoms with Gasteiger partial charge in [-0.2, -0.15) is 0 Å². The molecule has 0 spiro atoms. The van der Waals surface area contributed by atoms with E-state index >= 15 is 0 Å². The molecule has 1 atom stereocenters. The molecule has 9 heteroatoms. The number of nitrogens with zero attached hydrogens (tertiary/aromatic N) is 3. The molecule has 0 fully saturated rings. The van der Waals surface area contributed by atoms with E-state index in [1.807, 2.05) is 11.9 Å². The van der Waals surface area contributed by atoms with Gasteiger partial charge in [0.25, 0.3) is 0 Å². The lowest BCUT2D eigenvalue weighted by Gasteiger charge is -2.24. The van der Waals surface area contributed by atoms with Crippen LogP contribution in [0.1, 0.15) is 13.8 Å². The van der Waals surface area contributed by atoms with Crippen molar-refractivity contribution in [3.63, 3.8) is 0 Å². The number of hydrogen-bond acceptors (Lipinski definition) is 7. The van der Waals surface area contributed by atoms with Gasteiger partial charge in [-0.25, -0.2) is 14.4 Å². The van der Waals surface area contributed by atoms with E-state index in [0.29, 0.717) is 46.2 Å². The molecule has 3 N–H and O–H groups in total. The molecule has 1 unspecified atom stereocenters. The van der Waals surface area contributed by atoms with Crippen molar-refractivity contribution >= 4 is 28.2 Å². The zero-order valence-corrected chi connectivity index (χ0v) is 18.7. The van der Waals surface area contributed by atoms with Crippen LogP contribution in [-0.4, -0.2) is 59.4 Å². The first kappa shape index (κ1) is 23.0. The summed E-state index contributed by atoms with van der Waals surface area (Å²) in [5.41, 5.74) is 7.25. The van der Waals surface area contributed by atoms with Crippen molar-refractivity contribution in [1.29, 1.82) is 0 Å². The highest BCUT2D eigenvalue weighted by molar-refractivity contribution is 6.31. The van der Waals surface area contributed by atoms with E-state index in [0.717, 1.165) is 0 Å². The Morgan fingerprint density at radius 1 is 1.23 bits per heavy atom. The minimum atomic E-state index is -0.696. The van der Waals surface area contributed by atoms with Crippen LogP contribution >= 0.6 is 11.6 Å². The van der Waals surface area contributed by atoms with Gasteiger partial charge < -0.3 is 25.2 Å². The quantitative estimate of drug-likeness (QED) is 0.507. The lowest BCUT2D eigenvalue weighted by Crippen LogP contribution is -2.36. The zero-order valence-electron chi connectivity index (χ0n) is 17.9. The lowest BCUT2D eigenvalue weighted by molar-refractivity contribution is 0.0669. The molecule has 31 heavy (non-hydrogen) atoms. The summed E-state index contributed by atoms with van der Waals surface area (Å²) in [6.45, 7) is 4.67. The number of aromatic nitrogens is 2. The highest BCUT2D eigenvalue weighted by Gasteiger charge is 2.18. The number of anilines is 1. The molecular formula is C22H26ClFN4O3. The van der Waals surface area contributed by atoms with Crippen molar-refractivity contribution in [2.45, 2.75) is 26.0 Å². The third-order valence-electron chi connectivity index (χ3n) is 5.12. The van der Waals surface area contributed by atoms with Gasteiger partial charge in [0.15, 0.2) is 17.3 Å². The van der Waals surface area contributed by atoms with Crippen LogP contribution in [0.15, 0.2) is 30.6 Å². The molecule has 7 nitrogen and oxygen atoms in total. The number of halogens is 2. The zero-order chi connectivity index (χ0) is 22.7. The topological polar surface area (TPSA) is 93.7 Å². The Morgan fingerprint density at radius 2 is 1.97 bits per heavy atom. The van der Waals surface area contributed by atoms with Crippen LogP contribution < -0.4 is 15.2 Å². The van der Waals surface area contributed by atoms with Gasteiger partial charge in [-0.1, -0.05) is 11.6 Å². The number of rotatable bonds is 8. The average molecular weight is 449 g/mol. The summed E-state index contributed by atoms with van der Waals surface area (Å²) < 4.78 is 25.5. The number of fused-ring (bicyclic) bond motifs is 1. The third-order valence-corrected chi connectivity index (χ3v) is 5.41. The summed E-state index contributed by atoms with van der Waals surface area (Å²) in [6.07, 6.45) is 0.692. The second-order valence-electron chi connectivity index (χ2n) is 7.56. The molecule has 0 saturated carbocycles. The predicted octanol–water partition coefficient (Wildman–Crippen LogP) is 3.76. The maximum Gasteiger partial charge on any atom is 0.165 e. The largest absolute Gasteiger partial charge is 0.493 e. The average Bonchev–Trinajstić information content (AvgIpc) is 2.75. The van der Waals surface area contributed by atoms with Crippen LogP contribution in [0.25, 0.3) is 22.2 Å². The monoisotopic (exact) mass is 448 g/mol. The van der Waals surface area contributed by atoms with Crippen LogP contribution in [0.3, 0.4) is 0 Å². The second-order valence-corrected chi connectivity index (χ2v) is 7.97. The van der Waals surface area contributed by atoms with Gasteiger partial charge in [0.2, 0.25) is 0 Å². The van der Waals surface area contributed by atoms with Crippen LogP contribution in [0.4, 0.5) is 10.1 Å². The lowest BCUT2D eigenvalue weighted by atomic mass is 10.0. The Hall–Kier alpha value is -2.68. The van der Waals surface area contributed by atoms with Gasteiger partial charge >= 0.3 is 0 Å². The number of hydrogen-bond donors (Lipinski definition) is 2. The maximum absolute atomic E-state index is 14.2. The number of aliphatic hydroxyl groups excluding tert-OH is 1. The minimum Gasteiger partial charge on any atom is -0.493 e. The summed E-state index contributed by atoms with van der Waals surface area (Å²) in [5, 5.41) is 10.8. The Morgan fingerprint density at radius 3 is 2.65 bits per heavy atom. The van der Waals surface area contributed by atoms with Gasteiger partial charge in [0.1, 0.15) is 19.0 Å². The van der Waals surface area contributed by atoms with E-state index in [1.54, 1.807) is 18.2 Å². The summed E-state index contributed by atoms with van der Waals surface area (Å²) in [6, 6.07) is 6.76. The van der Waals surface area contributed by atoms with Crippen molar-refractivity contribution in [3.05, 3.63) is 41.4 Å². The number of benzene rings is 2. The molecular weight excluding hydrogens is 423 g/mol. The smallest absolute Gasteiger partial charge is 0.165 e. The molecule has 0 aliphatic heterocycles. The Bertz CT molecular complexity index is 1080. The summed E-state index contributed by atoms with van der Waals surface area (Å²) >= 11 is 5.82. The molecule has 166 valence electrons. The first-order valence-corrected chi connectivity index (χ1v) is 10.2. The highest BCUT2D eigenvalue weighted by Crippen LogP contribution is 2.38. The van der Waals surface area contributed by atoms with Gasteiger partial charge in [-0.3, -0.25) is 0 Å². The number of methoxy groups -OCH3 is 1. The third kappa shape index (κ3) is 4.98. The fourth-order valence-electron chi connectivity index (χ4n) is 3.11. The fraction of sp³-hybridized carbons (Fsp3) is 0.364. The Labute approximate surface area is 185 Å². The number of nitrogens with two attached hydrogens (primary N) is 1. The first-order valence-electron chi connectivity index (χ1n) is 9.80. The molecule has 3 aromatic rings. The second kappa shape index (κ2) is 9.64. The fourth-order valence-corrected chi connectivity index (χ4v) is 3.27. The van der Waals surface area contributed by atoms with Crippen LogP contribution in [0.5, 0.6) is 11.5 Å². The molecule has 0 amide bonds. The molecule has 1 heterocycles. The van der Waals surface area contributed by atoms with Crippen molar-refractivity contribution in [2.75, 3.05) is 33.0 Å². The van der Waals surface area contributed by atoms with E-state index in [4.69, 9.17) is 26.8 Å². The summed E-state index contributed by atoms with van der Waals surface area (Å²) in [7, 11) is 3.45. The molecule has 2 aromatic carbocycles. The van der Waals surface area contributed by atoms with E-state index in [9.17, 15) is 9.50 Å². The number of nitrogen functional groups attached to an aromatic ring is 1. The summed E-state index contributed by atoms with van der Waals surface area (Å²) in [5.74, 6) is 0.167. The molecule has 1 aromatic heterocycles. The first-order chi connectivity index (χ1) is 14.7. The van der Waals surface area contributed by atoms with Crippen molar-refractivity contribution < 1.29 is 19.0 Å². The van der Waals surface area contributed by atoms with Crippen molar-refractivity contribution in [1.82, 2.24) is 14.9 Å².